The number of rotatable bonds is 10. The molecule has 0 fully saturated rings. The van der Waals surface area contributed by atoms with Gasteiger partial charge in [-0.2, -0.15) is 0 Å². The lowest BCUT2D eigenvalue weighted by Crippen LogP contribution is -2.58. The van der Waals surface area contributed by atoms with E-state index in [1.165, 1.54) is 6.92 Å². The maximum Gasteiger partial charge on any atom is 0.302 e. The van der Waals surface area contributed by atoms with Crippen LogP contribution in [0.4, 0.5) is 0 Å². The van der Waals surface area contributed by atoms with Crippen LogP contribution in [0, 0.1) is 0 Å². The number of benzene rings is 1. The van der Waals surface area contributed by atoms with Crippen LogP contribution in [0.15, 0.2) is 30.3 Å². The fourth-order valence-corrected chi connectivity index (χ4v) is 7.43. The van der Waals surface area contributed by atoms with E-state index in [1.54, 1.807) is 0 Å². The minimum Gasteiger partial charge on any atom is -0.485 e. The molecule has 0 saturated heterocycles. The Bertz CT molecular complexity index is 1110. The van der Waals surface area contributed by atoms with Crippen LogP contribution in [-0.4, -0.2) is 55.8 Å². The molecule has 0 saturated carbocycles. The maximum absolute atomic E-state index is 11.7. The Morgan fingerprint density at radius 2 is 1.29 bits per heavy atom. The first kappa shape index (κ1) is 36.9. The Hall–Kier alpha value is -1.24. The number of hydrogen-bond acceptors (Lipinski definition) is 6. The Labute approximate surface area is 260 Å². The van der Waals surface area contributed by atoms with E-state index in [2.05, 4.69) is 108 Å². The van der Waals surface area contributed by atoms with Crippen molar-refractivity contribution in [1.29, 1.82) is 0 Å². The van der Waals surface area contributed by atoms with Crippen molar-refractivity contribution in [2.45, 2.75) is 149 Å². The van der Waals surface area contributed by atoms with Crippen molar-refractivity contribution >= 4 is 36.7 Å². The highest BCUT2D eigenvalue weighted by Crippen LogP contribution is 2.44. The molecule has 0 spiro atoms. The van der Waals surface area contributed by atoms with Gasteiger partial charge < -0.3 is 22.8 Å². The molecular formula is C33H60O6Si3. The standard InChI is InChI=1S/C33H60O6Si3/c1-24(34)35-22-25-19-17-18-20-26(25)27-21-28(38-41(13,14)32(5,6)7)30(39-42(15,16)33(8,9)10)29(37-27)23-36-40(11,12)31(2,3)4/h17-21,28-30H,22-23H2,1-16H3/t28-,29-,30+/m1/s1. The molecule has 0 amide bonds. The van der Waals surface area contributed by atoms with E-state index in [0.717, 1.165) is 16.9 Å². The summed E-state index contributed by atoms with van der Waals surface area (Å²) >= 11 is 0. The molecular weight excluding hydrogens is 577 g/mol. The van der Waals surface area contributed by atoms with Gasteiger partial charge in [0.1, 0.15) is 24.6 Å². The van der Waals surface area contributed by atoms with Gasteiger partial charge in [0, 0.05) is 18.1 Å². The van der Waals surface area contributed by atoms with Gasteiger partial charge in [0.25, 0.3) is 0 Å². The van der Waals surface area contributed by atoms with Crippen molar-refractivity contribution < 1.29 is 27.5 Å². The molecule has 1 aromatic carbocycles. The lowest BCUT2D eigenvalue weighted by atomic mass is 9.99. The Kier molecular flexibility index (Phi) is 11.4. The molecule has 0 radical (unpaired) electrons. The van der Waals surface area contributed by atoms with Gasteiger partial charge in [-0.05, 0) is 60.5 Å². The molecule has 1 aromatic rings. The second-order valence-electron chi connectivity index (χ2n) is 16.4. The van der Waals surface area contributed by atoms with Crippen molar-refractivity contribution in [1.82, 2.24) is 0 Å². The monoisotopic (exact) mass is 636 g/mol. The van der Waals surface area contributed by atoms with Crippen molar-refractivity contribution in [3.05, 3.63) is 41.5 Å². The fourth-order valence-electron chi connectivity index (χ4n) is 3.86. The van der Waals surface area contributed by atoms with Crippen LogP contribution in [0.25, 0.3) is 5.76 Å². The zero-order chi connectivity index (χ0) is 32.5. The fraction of sp³-hybridized carbons (Fsp3) is 0.727. The number of carbonyl (C=O) groups is 1. The molecule has 0 unspecified atom stereocenters. The van der Waals surface area contributed by atoms with Crippen LogP contribution >= 0.6 is 0 Å². The molecule has 6 nitrogen and oxygen atoms in total. The van der Waals surface area contributed by atoms with Crippen molar-refractivity contribution in [3.8, 4) is 0 Å². The molecule has 42 heavy (non-hydrogen) atoms. The summed E-state index contributed by atoms with van der Waals surface area (Å²) in [6, 6.07) is 7.94. The van der Waals surface area contributed by atoms with E-state index in [9.17, 15) is 4.79 Å². The summed E-state index contributed by atoms with van der Waals surface area (Å²) in [6.07, 6.45) is 1.09. The van der Waals surface area contributed by atoms with Crippen molar-refractivity contribution in [3.63, 3.8) is 0 Å². The summed E-state index contributed by atoms with van der Waals surface area (Å²) < 4.78 is 33.5. The zero-order valence-corrected chi connectivity index (χ0v) is 32.5. The van der Waals surface area contributed by atoms with Gasteiger partial charge in [-0.25, -0.2) is 0 Å². The molecule has 3 atom stereocenters. The molecule has 0 aromatic heterocycles. The zero-order valence-electron chi connectivity index (χ0n) is 29.5. The minimum atomic E-state index is -2.22. The topological polar surface area (TPSA) is 63.2 Å². The van der Waals surface area contributed by atoms with Crippen LogP contribution < -0.4 is 0 Å². The Morgan fingerprint density at radius 3 is 1.79 bits per heavy atom. The molecule has 0 bridgehead atoms. The lowest BCUT2D eigenvalue weighted by Gasteiger charge is -2.48. The third-order valence-corrected chi connectivity index (χ3v) is 23.3. The summed E-state index contributed by atoms with van der Waals surface area (Å²) in [4.78, 5) is 11.7. The van der Waals surface area contributed by atoms with Crippen LogP contribution in [0.2, 0.25) is 54.4 Å². The maximum atomic E-state index is 11.7. The predicted octanol–water partition coefficient (Wildman–Crippen LogP) is 9.29. The SMILES string of the molecule is CC(=O)OCc1ccccc1C1=C[C@@H](O[Si](C)(C)C(C)(C)C)[C@H](O[Si](C)(C)C(C)(C)C)[C@@H](CO[Si](C)(C)C(C)(C)C)O1. The molecule has 0 aliphatic carbocycles. The van der Waals surface area contributed by atoms with Crippen LogP contribution in [0.1, 0.15) is 80.4 Å². The average Bonchev–Trinajstić information content (AvgIpc) is 2.80. The second kappa shape index (κ2) is 13.0. The first-order valence-corrected chi connectivity index (χ1v) is 24.1. The van der Waals surface area contributed by atoms with E-state index in [4.69, 9.17) is 22.8 Å². The Balaban J connectivity index is 2.71. The largest absolute Gasteiger partial charge is 0.485 e. The first-order valence-electron chi connectivity index (χ1n) is 15.4. The third-order valence-electron chi connectivity index (χ3n) is 9.89. The van der Waals surface area contributed by atoms with Crippen LogP contribution in [-0.2, 0) is 34.2 Å². The number of esters is 1. The molecule has 1 aliphatic heterocycles. The van der Waals surface area contributed by atoms with E-state index >= 15 is 0 Å². The van der Waals surface area contributed by atoms with E-state index < -0.39 is 25.0 Å². The lowest BCUT2D eigenvalue weighted by molar-refractivity contribution is -0.142. The van der Waals surface area contributed by atoms with E-state index in [1.807, 2.05) is 24.3 Å². The summed E-state index contributed by atoms with van der Waals surface area (Å²) in [5.41, 5.74) is 1.78. The summed E-state index contributed by atoms with van der Waals surface area (Å²) in [5.74, 6) is 0.409. The van der Waals surface area contributed by atoms with E-state index in [0.29, 0.717) is 6.61 Å². The highest BCUT2D eigenvalue weighted by Gasteiger charge is 2.49. The second-order valence-corrected chi connectivity index (χ2v) is 30.7. The minimum absolute atomic E-state index is 0.0139. The van der Waals surface area contributed by atoms with Gasteiger partial charge in [-0.3, -0.25) is 4.79 Å². The molecule has 240 valence electrons. The highest BCUT2D eigenvalue weighted by molar-refractivity contribution is 6.75. The quantitative estimate of drug-likeness (QED) is 0.188. The number of ether oxygens (including phenoxy) is 2. The first-order chi connectivity index (χ1) is 18.8. The molecule has 2 rings (SSSR count). The summed E-state index contributed by atoms with van der Waals surface area (Å²) in [5, 5.41) is 0.0883. The predicted molar refractivity (Wildman–Crippen MR) is 182 cm³/mol. The third kappa shape index (κ3) is 9.14. The number of carbonyl (C=O) groups excluding carboxylic acids is 1. The molecule has 0 N–H and O–H groups in total. The van der Waals surface area contributed by atoms with Crippen molar-refractivity contribution in [2.24, 2.45) is 0 Å². The normalized spacial score (nSPS) is 21.0. The smallest absolute Gasteiger partial charge is 0.302 e. The van der Waals surface area contributed by atoms with Crippen LogP contribution in [0.5, 0.6) is 0 Å². The van der Waals surface area contributed by atoms with Gasteiger partial charge in [0.2, 0.25) is 0 Å². The van der Waals surface area contributed by atoms with Gasteiger partial charge >= 0.3 is 5.97 Å². The van der Waals surface area contributed by atoms with Gasteiger partial charge in [-0.15, -0.1) is 0 Å². The van der Waals surface area contributed by atoms with Crippen LogP contribution in [0.3, 0.4) is 0 Å². The van der Waals surface area contributed by atoms with Gasteiger partial charge in [-0.1, -0.05) is 86.6 Å². The van der Waals surface area contributed by atoms with E-state index in [-0.39, 0.29) is 46.0 Å². The van der Waals surface area contributed by atoms with Gasteiger partial charge in [0.05, 0.1) is 12.7 Å². The Morgan fingerprint density at radius 1 is 0.786 bits per heavy atom. The molecule has 1 heterocycles. The average molecular weight is 637 g/mol. The summed E-state index contributed by atoms with van der Waals surface area (Å²) in [6.45, 7) is 36.1. The highest BCUT2D eigenvalue weighted by atomic mass is 28.4. The molecule has 1 aliphatic rings. The van der Waals surface area contributed by atoms with Gasteiger partial charge in [0.15, 0.2) is 25.0 Å². The van der Waals surface area contributed by atoms with Crippen molar-refractivity contribution in [2.75, 3.05) is 6.61 Å². The molecule has 9 heteroatoms. The number of hydrogen-bond donors (Lipinski definition) is 0. The summed E-state index contributed by atoms with van der Waals surface area (Å²) in [7, 11) is -6.52.